The van der Waals surface area contributed by atoms with E-state index in [1.54, 1.807) is 6.20 Å². The van der Waals surface area contributed by atoms with E-state index in [2.05, 4.69) is 11.1 Å². The molecule has 0 spiro atoms. The van der Waals surface area contributed by atoms with Crippen molar-refractivity contribution in [2.75, 3.05) is 0 Å². The largest absolute Gasteiger partial charge is 0.300 e. The molecule has 4 nitrogen and oxygen atoms in total. The van der Waals surface area contributed by atoms with Crippen LogP contribution in [0.4, 0.5) is 0 Å². The quantitative estimate of drug-likeness (QED) is 0.452. The molecule has 0 unspecified atom stereocenters. The van der Waals surface area contributed by atoms with Gasteiger partial charge in [-0.2, -0.15) is 5.26 Å². The molecule has 0 bridgehead atoms. The summed E-state index contributed by atoms with van der Waals surface area (Å²) in [5.41, 5.74) is 5.61. The standard InChI is InChI=1S/C22H15ClN4/c1-15-9-11-27-20(13-17(14-24)19-4-2-3-10-25-19)22(26-21(27)12-15)16-5-7-18(23)8-6-16/h2-13H,1H3/b17-13+. The Labute approximate surface area is 162 Å². The minimum Gasteiger partial charge on any atom is -0.300 e. The second-order valence-corrected chi connectivity index (χ2v) is 6.61. The number of nitriles is 1. The van der Waals surface area contributed by atoms with E-state index in [1.165, 1.54) is 0 Å². The molecule has 3 aromatic heterocycles. The van der Waals surface area contributed by atoms with E-state index < -0.39 is 0 Å². The van der Waals surface area contributed by atoms with Gasteiger partial charge >= 0.3 is 0 Å². The normalized spacial score (nSPS) is 11.5. The average Bonchev–Trinajstić information content (AvgIpc) is 3.04. The molecule has 4 aromatic rings. The zero-order chi connectivity index (χ0) is 18.8. The number of imidazole rings is 1. The van der Waals surface area contributed by atoms with Crippen molar-refractivity contribution in [1.29, 1.82) is 5.26 Å². The first-order valence-electron chi connectivity index (χ1n) is 8.43. The van der Waals surface area contributed by atoms with Crippen LogP contribution in [0.3, 0.4) is 0 Å². The van der Waals surface area contributed by atoms with Gasteiger partial charge in [0.1, 0.15) is 11.7 Å². The molecule has 130 valence electrons. The van der Waals surface area contributed by atoms with Crippen LogP contribution >= 0.6 is 11.6 Å². The number of aromatic nitrogens is 3. The fourth-order valence-corrected chi connectivity index (χ4v) is 3.07. The maximum atomic E-state index is 9.69. The van der Waals surface area contributed by atoms with Gasteiger partial charge in [0, 0.05) is 23.0 Å². The molecule has 5 heteroatoms. The molecule has 3 heterocycles. The molecule has 4 rings (SSSR count). The molecule has 0 atom stereocenters. The second kappa shape index (κ2) is 7.06. The van der Waals surface area contributed by atoms with Crippen LogP contribution in [0, 0.1) is 18.3 Å². The van der Waals surface area contributed by atoms with Gasteiger partial charge in [0.2, 0.25) is 0 Å². The number of pyridine rings is 2. The molecule has 0 fully saturated rings. The Morgan fingerprint density at radius 2 is 1.96 bits per heavy atom. The van der Waals surface area contributed by atoms with Gasteiger partial charge in [-0.3, -0.25) is 9.38 Å². The predicted molar refractivity (Wildman–Crippen MR) is 108 cm³/mol. The molecule has 0 aliphatic carbocycles. The number of halogens is 1. The number of fused-ring (bicyclic) bond motifs is 1. The van der Waals surface area contributed by atoms with Crippen LogP contribution < -0.4 is 0 Å². The third-order valence-electron chi connectivity index (χ3n) is 4.28. The molecule has 0 saturated heterocycles. The lowest BCUT2D eigenvalue weighted by atomic mass is 10.1. The topological polar surface area (TPSA) is 54.0 Å². The molecule has 0 aliphatic rings. The van der Waals surface area contributed by atoms with Crippen molar-refractivity contribution in [3.05, 3.63) is 89.0 Å². The summed E-state index contributed by atoms with van der Waals surface area (Å²) in [5, 5.41) is 10.4. The zero-order valence-electron chi connectivity index (χ0n) is 14.6. The summed E-state index contributed by atoms with van der Waals surface area (Å²) in [7, 11) is 0. The first-order valence-corrected chi connectivity index (χ1v) is 8.81. The van der Waals surface area contributed by atoms with Gasteiger partial charge in [-0.25, -0.2) is 4.98 Å². The zero-order valence-corrected chi connectivity index (χ0v) is 15.4. The summed E-state index contributed by atoms with van der Waals surface area (Å²) >= 11 is 6.04. The first kappa shape index (κ1) is 17.0. The summed E-state index contributed by atoms with van der Waals surface area (Å²) < 4.78 is 1.98. The van der Waals surface area contributed by atoms with E-state index in [9.17, 15) is 5.26 Å². The van der Waals surface area contributed by atoms with E-state index >= 15 is 0 Å². The SMILES string of the molecule is Cc1ccn2c(/C=C(\C#N)c3ccccn3)c(-c3ccc(Cl)cc3)nc2c1. The van der Waals surface area contributed by atoms with E-state index in [1.807, 2.05) is 78.2 Å². The molecule has 1 aromatic carbocycles. The van der Waals surface area contributed by atoms with Crippen molar-refractivity contribution in [2.24, 2.45) is 0 Å². The predicted octanol–water partition coefficient (Wildman–Crippen LogP) is 5.42. The molecular weight excluding hydrogens is 356 g/mol. The van der Waals surface area contributed by atoms with Crippen LogP contribution in [0.25, 0.3) is 28.6 Å². The summed E-state index contributed by atoms with van der Waals surface area (Å²) in [5.74, 6) is 0. The number of hydrogen-bond donors (Lipinski definition) is 0. The lowest BCUT2D eigenvalue weighted by molar-refractivity contribution is 1.15. The summed E-state index contributed by atoms with van der Waals surface area (Å²) in [4.78, 5) is 9.10. The van der Waals surface area contributed by atoms with Crippen molar-refractivity contribution in [3.8, 4) is 17.3 Å². The second-order valence-electron chi connectivity index (χ2n) is 6.17. The van der Waals surface area contributed by atoms with Crippen LogP contribution in [0.5, 0.6) is 0 Å². The lowest BCUT2D eigenvalue weighted by Gasteiger charge is -2.03. The van der Waals surface area contributed by atoms with Crippen LogP contribution in [0.1, 0.15) is 17.0 Å². The third kappa shape index (κ3) is 3.33. The Morgan fingerprint density at radius 3 is 2.67 bits per heavy atom. The Bertz CT molecular complexity index is 1180. The Balaban J connectivity index is 1.98. The maximum Gasteiger partial charge on any atom is 0.138 e. The minimum absolute atomic E-state index is 0.480. The fraction of sp³-hybridized carbons (Fsp3) is 0.0455. The monoisotopic (exact) mass is 370 g/mol. The van der Waals surface area contributed by atoms with Gasteiger partial charge in [-0.1, -0.05) is 29.8 Å². The highest BCUT2D eigenvalue weighted by Gasteiger charge is 2.14. The molecule has 0 aliphatic heterocycles. The highest BCUT2D eigenvalue weighted by atomic mass is 35.5. The number of allylic oxidation sites excluding steroid dienone is 1. The average molecular weight is 371 g/mol. The van der Waals surface area contributed by atoms with Gasteiger partial charge in [-0.05, 0) is 55.0 Å². The van der Waals surface area contributed by atoms with Gasteiger partial charge in [-0.15, -0.1) is 0 Å². The first-order chi connectivity index (χ1) is 13.2. The van der Waals surface area contributed by atoms with Gasteiger partial charge in [0.15, 0.2) is 0 Å². The van der Waals surface area contributed by atoms with E-state index in [0.29, 0.717) is 16.3 Å². The number of rotatable bonds is 3. The Kier molecular flexibility index (Phi) is 4.45. The molecule has 0 amide bonds. The number of nitrogens with zero attached hydrogens (tertiary/aromatic N) is 4. The van der Waals surface area contributed by atoms with E-state index in [-0.39, 0.29) is 0 Å². The third-order valence-corrected chi connectivity index (χ3v) is 4.53. The van der Waals surface area contributed by atoms with Crippen LogP contribution in [0.15, 0.2) is 67.0 Å². The van der Waals surface area contributed by atoms with E-state index in [4.69, 9.17) is 16.6 Å². The molecule has 0 saturated carbocycles. The van der Waals surface area contributed by atoms with Gasteiger partial charge < -0.3 is 0 Å². The molecule has 0 radical (unpaired) electrons. The van der Waals surface area contributed by atoms with Gasteiger partial charge in [0.25, 0.3) is 0 Å². The van der Waals surface area contributed by atoms with Crippen molar-refractivity contribution < 1.29 is 0 Å². The van der Waals surface area contributed by atoms with Crippen molar-refractivity contribution in [1.82, 2.24) is 14.4 Å². The Morgan fingerprint density at radius 1 is 1.15 bits per heavy atom. The summed E-state index contributed by atoms with van der Waals surface area (Å²) in [6.45, 7) is 2.03. The lowest BCUT2D eigenvalue weighted by Crippen LogP contribution is -1.92. The van der Waals surface area contributed by atoms with Crippen LogP contribution in [-0.2, 0) is 0 Å². The number of hydrogen-bond acceptors (Lipinski definition) is 3. The van der Waals surface area contributed by atoms with Crippen molar-refractivity contribution in [2.45, 2.75) is 6.92 Å². The van der Waals surface area contributed by atoms with Crippen molar-refractivity contribution in [3.63, 3.8) is 0 Å². The maximum absolute atomic E-state index is 9.69. The summed E-state index contributed by atoms with van der Waals surface area (Å²) in [6, 6.07) is 19.3. The highest BCUT2D eigenvalue weighted by molar-refractivity contribution is 6.30. The number of benzene rings is 1. The van der Waals surface area contributed by atoms with E-state index in [0.717, 1.165) is 28.2 Å². The minimum atomic E-state index is 0.480. The number of aryl methyl sites for hydroxylation is 1. The van der Waals surface area contributed by atoms with Crippen LogP contribution in [0.2, 0.25) is 5.02 Å². The fourth-order valence-electron chi connectivity index (χ4n) is 2.95. The molecule has 0 N–H and O–H groups in total. The molecule has 27 heavy (non-hydrogen) atoms. The highest BCUT2D eigenvalue weighted by Crippen LogP contribution is 2.29. The van der Waals surface area contributed by atoms with Gasteiger partial charge in [0.05, 0.1) is 22.7 Å². The Hall–Kier alpha value is -3.42. The van der Waals surface area contributed by atoms with Crippen molar-refractivity contribution >= 4 is 28.9 Å². The summed E-state index contributed by atoms with van der Waals surface area (Å²) in [6.07, 6.45) is 5.48. The molecular formula is C22H15ClN4. The smallest absolute Gasteiger partial charge is 0.138 e. The van der Waals surface area contributed by atoms with Crippen LogP contribution in [-0.4, -0.2) is 14.4 Å².